The van der Waals surface area contributed by atoms with Gasteiger partial charge >= 0.3 is 29.6 Å². The molecule has 0 bridgehead atoms. The minimum absolute atomic E-state index is 0. The first-order chi connectivity index (χ1) is 5.06. The fraction of sp³-hybridized carbons (Fsp3) is 1.00. The summed E-state index contributed by atoms with van der Waals surface area (Å²) < 4.78 is 30.0. The van der Waals surface area contributed by atoms with Gasteiger partial charge in [-0.2, -0.15) is 0 Å². The normalized spacial score (nSPS) is 9.75. The van der Waals surface area contributed by atoms with Gasteiger partial charge in [0.2, 0.25) is 0 Å². The van der Waals surface area contributed by atoms with Crippen LogP contribution in [0.1, 0.15) is 12.8 Å². The molecule has 6 nitrogen and oxygen atoms in total. The van der Waals surface area contributed by atoms with E-state index in [0.717, 1.165) is 0 Å². The van der Waals surface area contributed by atoms with E-state index in [0.29, 0.717) is 6.42 Å². The molecule has 0 rings (SSSR count). The van der Waals surface area contributed by atoms with E-state index in [1.807, 2.05) is 0 Å². The Morgan fingerprint density at radius 3 is 2.42 bits per heavy atom. The Hall–Kier alpha value is 0.220. The SMILES string of the molecule is [N-]=[N+]=NCCCCS(=O)(=O)[O-].[Na+]. The molecule has 64 valence electrons. The molecule has 0 spiro atoms. The number of rotatable bonds is 5. The van der Waals surface area contributed by atoms with Gasteiger partial charge in [-0.3, -0.25) is 0 Å². The van der Waals surface area contributed by atoms with Gasteiger partial charge in [0.05, 0.1) is 10.1 Å². The molecule has 0 unspecified atom stereocenters. The summed E-state index contributed by atoms with van der Waals surface area (Å²) in [6.07, 6.45) is 0.691. The second-order valence-electron chi connectivity index (χ2n) is 1.92. The molecule has 0 aromatic heterocycles. The smallest absolute Gasteiger partial charge is 0.748 e. The van der Waals surface area contributed by atoms with Crippen molar-refractivity contribution in [2.45, 2.75) is 12.8 Å². The molecule has 0 saturated heterocycles. The van der Waals surface area contributed by atoms with Crippen LogP contribution in [-0.4, -0.2) is 25.3 Å². The van der Waals surface area contributed by atoms with Crippen LogP contribution in [0.3, 0.4) is 0 Å². The van der Waals surface area contributed by atoms with Crippen LogP contribution in [0.2, 0.25) is 0 Å². The van der Waals surface area contributed by atoms with Crippen LogP contribution in [0.5, 0.6) is 0 Å². The van der Waals surface area contributed by atoms with Crippen LogP contribution in [0, 0.1) is 0 Å². The Balaban J connectivity index is 0. The summed E-state index contributed by atoms with van der Waals surface area (Å²) >= 11 is 0. The molecular formula is C4H8N3NaO3S. The quantitative estimate of drug-likeness (QED) is 0.124. The van der Waals surface area contributed by atoms with Gasteiger partial charge in [-0.25, -0.2) is 8.42 Å². The molecule has 0 saturated carbocycles. The molecule has 0 aliphatic rings. The molecule has 12 heavy (non-hydrogen) atoms. The van der Waals surface area contributed by atoms with Crippen molar-refractivity contribution < 1.29 is 42.5 Å². The summed E-state index contributed by atoms with van der Waals surface area (Å²) in [5.74, 6) is -0.381. The van der Waals surface area contributed by atoms with E-state index in [-0.39, 0.29) is 48.3 Å². The third-order valence-corrected chi connectivity index (χ3v) is 1.75. The first-order valence-corrected chi connectivity index (χ1v) is 4.58. The van der Waals surface area contributed by atoms with Crippen molar-refractivity contribution >= 4 is 10.1 Å². The van der Waals surface area contributed by atoms with Crippen LogP contribution in [0.15, 0.2) is 5.11 Å². The van der Waals surface area contributed by atoms with E-state index in [2.05, 4.69) is 10.0 Å². The molecule has 0 aromatic carbocycles. The molecule has 0 N–H and O–H groups in total. The largest absolute Gasteiger partial charge is 1.00 e. The fourth-order valence-electron chi connectivity index (χ4n) is 0.506. The summed E-state index contributed by atoms with van der Waals surface area (Å²) in [6, 6.07) is 0. The van der Waals surface area contributed by atoms with Crippen LogP contribution >= 0.6 is 0 Å². The van der Waals surface area contributed by atoms with Crippen LogP contribution in [0.4, 0.5) is 0 Å². The Bertz CT molecular complexity index is 246. The number of hydrogen-bond acceptors (Lipinski definition) is 4. The standard InChI is InChI=1S/C4H9N3O3S.Na/c5-7-6-3-1-2-4-11(8,9)10;/h1-4H2,(H,8,9,10);/q;+1/p-1. The van der Waals surface area contributed by atoms with Crippen molar-refractivity contribution in [3.63, 3.8) is 0 Å². The third-order valence-electron chi connectivity index (χ3n) is 0.966. The molecule has 0 aliphatic carbocycles. The summed E-state index contributed by atoms with van der Waals surface area (Å²) in [7, 11) is -4.10. The molecule has 0 atom stereocenters. The second kappa shape index (κ2) is 7.85. The van der Waals surface area contributed by atoms with Crippen LogP contribution < -0.4 is 29.6 Å². The summed E-state index contributed by atoms with van der Waals surface area (Å²) in [5.41, 5.74) is 7.80. The number of nitrogens with zero attached hydrogens (tertiary/aromatic N) is 3. The van der Waals surface area contributed by atoms with E-state index in [1.54, 1.807) is 0 Å². The van der Waals surface area contributed by atoms with Crippen molar-refractivity contribution in [1.82, 2.24) is 0 Å². The monoisotopic (exact) mass is 201 g/mol. The van der Waals surface area contributed by atoms with Crippen molar-refractivity contribution in [2.24, 2.45) is 5.11 Å². The zero-order valence-corrected chi connectivity index (χ0v) is 9.62. The Morgan fingerprint density at radius 2 is 2.00 bits per heavy atom. The van der Waals surface area contributed by atoms with E-state index in [4.69, 9.17) is 5.53 Å². The van der Waals surface area contributed by atoms with Crippen molar-refractivity contribution in [2.75, 3.05) is 12.3 Å². The first-order valence-electron chi connectivity index (χ1n) is 3.00. The zero-order valence-electron chi connectivity index (χ0n) is 6.80. The van der Waals surface area contributed by atoms with E-state index >= 15 is 0 Å². The van der Waals surface area contributed by atoms with Crippen molar-refractivity contribution in [3.8, 4) is 0 Å². The van der Waals surface area contributed by atoms with Gasteiger partial charge in [0, 0.05) is 17.2 Å². The maximum atomic E-state index is 10.0. The number of azide groups is 1. The van der Waals surface area contributed by atoms with Crippen molar-refractivity contribution in [3.05, 3.63) is 10.4 Å². The van der Waals surface area contributed by atoms with Gasteiger partial charge in [0.1, 0.15) is 0 Å². The molecule has 0 aliphatic heterocycles. The minimum atomic E-state index is -4.10. The molecular weight excluding hydrogens is 193 g/mol. The predicted molar refractivity (Wildman–Crippen MR) is 37.8 cm³/mol. The average molecular weight is 201 g/mol. The van der Waals surface area contributed by atoms with E-state index in [1.165, 1.54) is 0 Å². The Labute approximate surface area is 93.0 Å². The number of unbranched alkanes of at least 4 members (excludes halogenated alkanes) is 1. The molecule has 0 amide bonds. The van der Waals surface area contributed by atoms with Crippen LogP contribution in [-0.2, 0) is 10.1 Å². The van der Waals surface area contributed by atoms with Gasteiger partial charge in [-0.1, -0.05) is 5.11 Å². The fourth-order valence-corrected chi connectivity index (χ4v) is 1.06. The van der Waals surface area contributed by atoms with Gasteiger partial charge in [0.25, 0.3) is 0 Å². The van der Waals surface area contributed by atoms with E-state index < -0.39 is 10.1 Å². The molecule has 0 fully saturated rings. The average Bonchev–Trinajstić information content (AvgIpc) is 1.85. The van der Waals surface area contributed by atoms with Gasteiger partial charge in [-0.05, 0) is 18.4 Å². The maximum absolute atomic E-state index is 10.0. The van der Waals surface area contributed by atoms with Gasteiger partial charge in [0.15, 0.2) is 0 Å². The number of hydrogen-bond donors (Lipinski definition) is 0. The summed E-state index contributed by atoms with van der Waals surface area (Å²) in [6.45, 7) is 0.242. The maximum Gasteiger partial charge on any atom is 1.00 e. The van der Waals surface area contributed by atoms with Gasteiger partial charge < -0.3 is 4.55 Å². The molecule has 0 aromatic rings. The molecule has 0 radical (unpaired) electrons. The van der Waals surface area contributed by atoms with Gasteiger partial charge in [-0.15, -0.1) is 0 Å². The molecule has 0 heterocycles. The Kier molecular flexibility index (Phi) is 9.63. The third kappa shape index (κ3) is 12.9. The first kappa shape index (κ1) is 14.7. The van der Waals surface area contributed by atoms with Crippen LogP contribution in [0.25, 0.3) is 10.4 Å². The topological polar surface area (TPSA) is 106 Å². The predicted octanol–water partition coefficient (Wildman–Crippen LogP) is -2.37. The summed E-state index contributed by atoms with van der Waals surface area (Å²) in [4.78, 5) is 2.47. The zero-order chi connectivity index (χ0) is 8.74. The van der Waals surface area contributed by atoms with Crippen molar-refractivity contribution in [1.29, 1.82) is 0 Å². The summed E-state index contributed by atoms with van der Waals surface area (Å²) in [5, 5.41) is 3.18. The molecule has 8 heteroatoms. The van der Waals surface area contributed by atoms with E-state index in [9.17, 15) is 13.0 Å². The minimum Gasteiger partial charge on any atom is -0.748 e. The second-order valence-corrected chi connectivity index (χ2v) is 3.45. The Morgan fingerprint density at radius 1 is 1.42 bits per heavy atom.